The Kier molecular flexibility index (Phi) is 5.17. The van der Waals surface area contributed by atoms with Crippen molar-refractivity contribution in [3.63, 3.8) is 0 Å². The highest BCUT2D eigenvalue weighted by Gasteiger charge is 2.22. The minimum atomic E-state index is -0.317. The maximum absolute atomic E-state index is 12.1. The van der Waals surface area contributed by atoms with Gasteiger partial charge in [-0.05, 0) is 38.5 Å². The standard InChI is InChI=1S/C17H22N2O2/c1-12(2)18-17(20)13(3)19-16(15-10-7-11-21-15)14-8-5-4-6-9-14/h4-13,16,19H,1-3H3,(H,18,20). The van der Waals surface area contributed by atoms with E-state index in [1.807, 2.05) is 63.2 Å². The van der Waals surface area contributed by atoms with Gasteiger partial charge in [-0.3, -0.25) is 10.1 Å². The summed E-state index contributed by atoms with van der Waals surface area (Å²) in [6.45, 7) is 5.76. The van der Waals surface area contributed by atoms with E-state index in [0.29, 0.717) is 0 Å². The van der Waals surface area contributed by atoms with E-state index in [-0.39, 0.29) is 24.0 Å². The third-order valence-corrected chi connectivity index (χ3v) is 3.20. The maximum Gasteiger partial charge on any atom is 0.237 e. The lowest BCUT2D eigenvalue weighted by Gasteiger charge is -2.22. The summed E-state index contributed by atoms with van der Waals surface area (Å²) in [7, 11) is 0. The molecule has 1 aromatic heterocycles. The number of hydrogen-bond acceptors (Lipinski definition) is 3. The molecule has 21 heavy (non-hydrogen) atoms. The molecule has 2 atom stereocenters. The number of hydrogen-bond donors (Lipinski definition) is 2. The van der Waals surface area contributed by atoms with Crippen LogP contribution in [0.4, 0.5) is 0 Å². The third kappa shape index (κ3) is 4.20. The van der Waals surface area contributed by atoms with Crippen LogP contribution < -0.4 is 10.6 Å². The predicted octanol–water partition coefficient (Wildman–Crippen LogP) is 2.87. The first-order chi connectivity index (χ1) is 10.1. The topological polar surface area (TPSA) is 54.3 Å². The summed E-state index contributed by atoms with van der Waals surface area (Å²) in [6, 6.07) is 13.4. The van der Waals surface area contributed by atoms with Crippen molar-refractivity contribution in [1.82, 2.24) is 10.6 Å². The number of furan rings is 1. The van der Waals surface area contributed by atoms with Gasteiger partial charge in [0.1, 0.15) is 5.76 Å². The molecule has 2 N–H and O–H groups in total. The second-order valence-electron chi connectivity index (χ2n) is 5.41. The minimum Gasteiger partial charge on any atom is -0.467 e. The molecule has 0 aliphatic heterocycles. The molecular formula is C17H22N2O2. The molecule has 4 heteroatoms. The summed E-state index contributed by atoms with van der Waals surface area (Å²) >= 11 is 0. The van der Waals surface area contributed by atoms with E-state index in [1.165, 1.54) is 0 Å². The molecule has 1 heterocycles. The van der Waals surface area contributed by atoms with Crippen molar-refractivity contribution in [3.8, 4) is 0 Å². The molecule has 0 aliphatic rings. The first kappa shape index (κ1) is 15.3. The maximum atomic E-state index is 12.1. The van der Waals surface area contributed by atoms with Gasteiger partial charge < -0.3 is 9.73 Å². The molecule has 2 aromatic rings. The lowest BCUT2D eigenvalue weighted by atomic mass is 10.0. The van der Waals surface area contributed by atoms with Gasteiger partial charge in [-0.15, -0.1) is 0 Å². The number of benzene rings is 1. The van der Waals surface area contributed by atoms with Gasteiger partial charge >= 0.3 is 0 Å². The molecule has 0 bridgehead atoms. The predicted molar refractivity (Wildman–Crippen MR) is 82.9 cm³/mol. The smallest absolute Gasteiger partial charge is 0.237 e. The first-order valence-electron chi connectivity index (χ1n) is 7.22. The number of carbonyl (C=O) groups is 1. The monoisotopic (exact) mass is 286 g/mol. The van der Waals surface area contributed by atoms with E-state index in [4.69, 9.17) is 4.42 Å². The Morgan fingerprint density at radius 2 is 1.76 bits per heavy atom. The van der Waals surface area contributed by atoms with E-state index < -0.39 is 0 Å². The average molecular weight is 286 g/mol. The van der Waals surface area contributed by atoms with Crippen molar-refractivity contribution in [2.24, 2.45) is 0 Å². The molecule has 2 unspecified atom stereocenters. The van der Waals surface area contributed by atoms with E-state index >= 15 is 0 Å². The molecule has 0 saturated heterocycles. The van der Waals surface area contributed by atoms with Gasteiger partial charge in [0.15, 0.2) is 0 Å². The lowest BCUT2D eigenvalue weighted by molar-refractivity contribution is -0.123. The highest BCUT2D eigenvalue weighted by atomic mass is 16.3. The third-order valence-electron chi connectivity index (χ3n) is 3.20. The molecule has 1 aromatic carbocycles. The zero-order valence-electron chi connectivity index (χ0n) is 12.7. The molecule has 0 fully saturated rings. The van der Waals surface area contributed by atoms with Crippen molar-refractivity contribution in [3.05, 3.63) is 60.1 Å². The fraction of sp³-hybridized carbons (Fsp3) is 0.353. The summed E-state index contributed by atoms with van der Waals surface area (Å²) in [5.41, 5.74) is 1.07. The molecule has 4 nitrogen and oxygen atoms in total. The molecule has 0 saturated carbocycles. The van der Waals surface area contributed by atoms with Gasteiger partial charge in [0.2, 0.25) is 5.91 Å². The van der Waals surface area contributed by atoms with Gasteiger partial charge in [-0.1, -0.05) is 30.3 Å². The van der Waals surface area contributed by atoms with Gasteiger partial charge in [0.05, 0.1) is 18.3 Å². The van der Waals surface area contributed by atoms with Gasteiger partial charge in [0.25, 0.3) is 0 Å². The second kappa shape index (κ2) is 7.09. The van der Waals surface area contributed by atoms with Crippen molar-refractivity contribution in [2.45, 2.75) is 38.9 Å². The fourth-order valence-corrected chi connectivity index (χ4v) is 2.18. The van der Waals surface area contributed by atoms with Gasteiger partial charge in [0, 0.05) is 6.04 Å². The molecule has 0 radical (unpaired) electrons. The Balaban J connectivity index is 2.16. The molecular weight excluding hydrogens is 264 g/mol. The molecule has 112 valence electrons. The Hall–Kier alpha value is -2.07. The summed E-state index contributed by atoms with van der Waals surface area (Å²) < 4.78 is 5.52. The van der Waals surface area contributed by atoms with Crippen molar-refractivity contribution >= 4 is 5.91 Å². The minimum absolute atomic E-state index is 0.0162. The second-order valence-corrected chi connectivity index (χ2v) is 5.41. The van der Waals surface area contributed by atoms with Gasteiger partial charge in [-0.2, -0.15) is 0 Å². The van der Waals surface area contributed by atoms with Crippen LogP contribution in [0.15, 0.2) is 53.1 Å². The molecule has 2 rings (SSSR count). The van der Waals surface area contributed by atoms with E-state index in [9.17, 15) is 4.79 Å². The number of amides is 1. The van der Waals surface area contributed by atoms with Crippen LogP contribution in [0.1, 0.15) is 38.1 Å². The van der Waals surface area contributed by atoms with E-state index in [0.717, 1.165) is 11.3 Å². The van der Waals surface area contributed by atoms with Crippen molar-refractivity contribution < 1.29 is 9.21 Å². The molecule has 0 aliphatic carbocycles. The Bertz CT molecular complexity index is 549. The Morgan fingerprint density at radius 3 is 2.33 bits per heavy atom. The average Bonchev–Trinajstić information content (AvgIpc) is 2.98. The quantitative estimate of drug-likeness (QED) is 0.858. The lowest BCUT2D eigenvalue weighted by Crippen LogP contribution is -2.46. The van der Waals surface area contributed by atoms with Crippen molar-refractivity contribution in [1.29, 1.82) is 0 Å². The van der Waals surface area contributed by atoms with Crippen LogP contribution in [0.5, 0.6) is 0 Å². The van der Waals surface area contributed by atoms with E-state index in [1.54, 1.807) is 6.26 Å². The Morgan fingerprint density at radius 1 is 1.05 bits per heavy atom. The van der Waals surface area contributed by atoms with Crippen LogP contribution >= 0.6 is 0 Å². The number of rotatable bonds is 6. The summed E-state index contributed by atoms with van der Waals surface area (Å²) in [6.07, 6.45) is 1.64. The highest BCUT2D eigenvalue weighted by molar-refractivity contribution is 5.81. The summed E-state index contributed by atoms with van der Waals surface area (Å²) in [5.74, 6) is 0.780. The van der Waals surface area contributed by atoms with Crippen LogP contribution in [0.3, 0.4) is 0 Å². The zero-order chi connectivity index (χ0) is 15.2. The van der Waals surface area contributed by atoms with Crippen molar-refractivity contribution in [2.75, 3.05) is 0 Å². The van der Waals surface area contributed by atoms with Crippen LogP contribution in [0, 0.1) is 0 Å². The zero-order valence-corrected chi connectivity index (χ0v) is 12.7. The fourth-order valence-electron chi connectivity index (χ4n) is 2.18. The highest BCUT2D eigenvalue weighted by Crippen LogP contribution is 2.22. The van der Waals surface area contributed by atoms with E-state index in [2.05, 4.69) is 10.6 Å². The Labute approximate surface area is 125 Å². The SMILES string of the molecule is CC(C)NC(=O)C(C)NC(c1ccccc1)c1ccco1. The van der Waals surface area contributed by atoms with Crippen LogP contribution in [0.25, 0.3) is 0 Å². The number of nitrogens with one attached hydrogen (secondary N) is 2. The molecule has 1 amide bonds. The van der Waals surface area contributed by atoms with Crippen LogP contribution in [0.2, 0.25) is 0 Å². The van der Waals surface area contributed by atoms with Crippen LogP contribution in [-0.4, -0.2) is 18.0 Å². The largest absolute Gasteiger partial charge is 0.467 e. The molecule has 0 spiro atoms. The van der Waals surface area contributed by atoms with Gasteiger partial charge in [-0.25, -0.2) is 0 Å². The summed E-state index contributed by atoms with van der Waals surface area (Å²) in [5, 5.41) is 6.25. The van der Waals surface area contributed by atoms with Crippen LogP contribution in [-0.2, 0) is 4.79 Å². The summed E-state index contributed by atoms with van der Waals surface area (Å²) in [4.78, 5) is 12.1. The number of carbonyl (C=O) groups excluding carboxylic acids is 1. The normalized spacial score (nSPS) is 13.9. The first-order valence-corrected chi connectivity index (χ1v) is 7.22.